The molecule has 0 amide bonds. The Labute approximate surface area is 103 Å². The number of hydrogen-bond acceptors (Lipinski definition) is 6. The molecule has 0 aliphatic heterocycles. The van der Waals surface area contributed by atoms with E-state index in [0.29, 0.717) is 0 Å². The quantitative estimate of drug-likeness (QED) is 0.300. The van der Waals surface area contributed by atoms with Crippen LogP contribution in [0.15, 0.2) is 29.4 Å². The molecule has 1 unspecified atom stereocenters. The number of carbonyl (C=O) groups excluding carboxylic acids is 1. The zero-order valence-corrected chi connectivity index (χ0v) is 9.05. The standard InChI is InChI=1S/C9H6F3N3O4/c10-9(11,12)7(14-13)8(16)19-6-3-1-5(2-4-6)15(17)18/h1-4,7,13H. The van der Waals surface area contributed by atoms with E-state index >= 15 is 0 Å². The van der Waals surface area contributed by atoms with Crippen molar-refractivity contribution in [2.24, 2.45) is 5.11 Å². The molecule has 1 atom stereocenters. The van der Waals surface area contributed by atoms with Gasteiger partial charge in [-0.2, -0.15) is 18.3 Å². The van der Waals surface area contributed by atoms with Crippen molar-refractivity contribution in [3.63, 3.8) is 0 Å². The Kier molecular flexibility index (Phi) is 4.14. The summed E-state index contributed by atoms with van der Waals surface area (Å²) in [6, 6.07) is 0.940. The van der Waals surface area contributed by atoms with E-state index < -0.39 is 23.1 Å². The zero-order chi connectivity index (χ0) is 14.6. The Morgan fingerprint density at radius 3 is 2.26 bits per heavy atom. The minimum atomic E-state index is -5.03. The highest BCUT2D eigenvalue weighted by molar-refractivity contribution is 5.79. The van der Waals surface area contributed by atoms with E-state index in [1.807, 2.05) is 0 Å². The van der Waals surface area contributed by atoms with Gasteiger partial charge >= 0.3 is 12.1 Å². The molecule has 1 rings (SSSR count). The van der Waals surface area contributed by atoms with Crippen LogP contribution >= 0.6 is 0 Å². The molecule has 0 aromatic heterocycles. The maximum Gasteiger partial charge on any atom is 0.423 e. The summed E-state index contributed by atoms with van der Waals surface area (Å²) in [6.45, 7) is 0. The van der Waals surface area contributed by atoms with Gasteiger partial charge in [0, 0.05) is 12.1 Å². The van der Waals surface area contributed by atoms with Crippen molar-refractivity contribution in [3.05, 3.63) is 34.4 Å². The number of benzene rings is 1. The topological polar surface area (TPSA) is 106 Å². The van der Waals surface area contributed by atoms with Gasteiger partial charge in [-0.1, -0.05) is 0 Å². The summed E-state index contributed by atoms with van der Waals surface area (Å²) in [5.74, 6) is -2.09. The summed E-state index contributed by atoms with van der Waals surface area (Å²) in [4.78, 5) is 20.7. The number of hydrogen-bond donors (Lipinski definition) is 1. The van der Waals surface area contributed by atoms with Crippen LogP contribution in [0.2, 0.25) is 0 Å². The SMILES string of the molecule is N=NC(C(=O)Oc1ccc([N+](=O)[O-])cc1)C(F)(F)F. The maximum absolute atomic E-state index is 12.2. The highest BCUT2D eigenvalue weighted by atomic mass is 19.4. The van der Waals surface area contributed by atoms with Gasteiger partial charge in [0.1, 0.15) is 5.75 Å². The van der Waals surface area contributed by atoms with Crippen LogP contribution in [0.25, 0.3) is 0 Å². The van der Waals surface area contributed by atoms with Gasteiger partial charge in [0.25, 0.3) is 11.7 Å². The lowest BCUT2D eigenvalue weighted by Gasteiger charge is -2.13. The van der Waals surface area contributed by atoms with Gasteiger partial charge in [0.2, 0.25) is 0 Å². The third kappa shape index (κ3) is 3.72. The van der Waals surface area contributed by atoms with Gasteiger partial charge < -0.3 is 4.74 Å². The fraction of sp³-hybridized carbons (Fsp3) is 0.222. The normalized spacial score (nSPS) is 12.6. The molecule has 0 spiro atoms. The molecule has 0 aliphatic rings. The van der Waals surface area contributed by atoms with Gasteiger partial charge in [-0.05, 0) is 12.1 Å². The van der Waals surface area contributed by atoms with Crippen LogP contribution in [-0.2, 0) is 4.79 Å². The van der Waals surface area contributed by atoms with E-state index in [1.165, 1.54) is 0 Å². The molecule has 7 nitrogen and oxygen atoms in total. The Bertz CT molecular complexity index is 500. The molecule has 0 radical (unpaired) electrons. The van der Waals surface area contributed by atoms with Crippen LogP contribution in [0.4, 0.5) is 18.9 Å². The van der Waals surface area contributed by atoms with E-state index in [0.717, 1.165) is 24.3 Å². The molecule has 0 aliphatic carbocycles. The van der Waals surface area contributed by atoms with Crippen molar-refractivity contribution >= 4 is 11.7 Å². The molecule has 1 N–H and O–H groups in total. The Hall–Kier alpha value is -2.52. The van der Waals surface area contributed by atoms with Crippen LogP contribution in [0.1, 0.15) is 0 Å². The largest absolute Gasteiger partial charge is 0.425 e. The summed E-state index contributed by atoms with van der Waals surface area (Å²) in [7, 11) is 0. The number of nitrogens with one attached hydrogen (secondary N) is 1. The third-order valence-electron chi connectivity index (χ3n) is 1.93. The van der Waals surface area contributed by atoms with Crippen LogP contribution in [0, 0.1) is 15.6 Å². The summed E-state index contributed by atoms with van der Waals surface area (Å²) in [5.41, 5.74) is 6.01. The van der Waals surface area contributed by atoms with Crippen molar-refractivity contribution in [2.45, 2.75) is 12.2 Å². The van der Waals surface area contributed by atoms with Crippen molar-refractivity contribution in [3.8, 4) is 5.75 Å². The number of nitro groups is 1. The van der Waals surface area contributed by atoms with Crippen molar-refractivity contribution in [1.29, 1.82) is 5.53 Å². The van der Waals surface area contributed by atoms with Crippen LogP contribution in [0.5, 0.6) is 5.75 Å². The first-order chi connectivity index (χ1) is 8.75. The van der Waals surface area contributed by atoms with E-state index in [1.54, 1.807) is 0 Å². The smallest absolute Gasteiger partial charge is 0.423 e. The number of rotatable bonds is 4. The van der Waals surface area contributed by atoms with E-state index in [-0.39, 0.29) is 11.4 Å². The van der Waals surface area contributed by atoms with Gasteiger partial charge in [-0.15, -0.1) is 0 Å². The third-order valence-corrected chi connectivity index (χ3v) is 1.93. The number of ether oxygens (including phenoxy) is 1. The Morgan fingerprint density at radius 1 is 1.37 bits per heavy atom. The lowest BCUT2D eigenvalue weighted by Crippen LogP contribution is -2.37. The Balaban J connectivity index is 2.82. The first-order valence-electron chi connectivity index (χ1n) is 4.65. The first kappa shape index (κ1) is 14.5. The lowest BCUT2D eigenvalue weighted by molar-refractivity contribution is -0.384. The van der Waals surface area contributed by atoms with E-state index in [4.69, 9.17) is 5.53 Å². The molecule has 10 heteroatoms. The van der Waals surface area contributed by atoms with E-state index in [9.17, 15) is 28.1 Å². The van der Waals surface area contributed by atoms with Gasteiger partial charge in [-0.25, -0.2) is 10.3 Å². The number of halogens is 3. The monoisotopic (exact) mass is 277 g/mol. The second kappa shape index (κ2) is 5.42. The summed E-state index contributed by atoms with van der Waals surface area (Å²) in [6.07, 6.45) is -5.03. The maximum atomic E-state index is 12.2. The van der Waals surface area contributed by atoms with Crippen LogP contribution < -0.4 is 4.74 Å². The molecule has 0 heterocycles. The second-order valence-electron chi connectivity index (χ2n) is 3.25. The Morgan fingerprint density at radius 2 is 1.89 bits per heavy atom. The van der Waals surface area contributed by atoms with Gasteiger partial charge in [0.15, 0.2) is 0 Å². The molecule has 0 saturated carbocycles. The van der Waals surface area contributed by atoms with Crippen LogP contribution in [-0.4, -0.2) is 23.1 Å². The first-order valence-corrected chi connectivity index (χ1v) is 4.65. The molecule has 1 aromatic rings. The number of non-ortho nitro benzene ring substituents is 1. The van der Waals surface area contributed by atoms with E-state index in [2.05, 4.69) is 9.85 Å². The number of alkyl halides is 3. The summed E-state index contributed by atoms with van der Waals surface area (Å²) >= 11 is 0. The molecule has 1 aromatic carbocycles. The second-order valence-corrected chi connectivity index (χ2v) is 3.25. The highest BCUT2D eigenvalue weighted by Crippen LogP contribution is 2.25. The number of carbonyl (C=O) groups is 1. The molecular weight excluding hydrogens is 271 g/mol. The molecule has 0 bridgehead atoms. The van der Waals surface area contributed by atoms with Crippen molar-refractivity contribution < 1.29 is 27.6 Å². The molecule has 102 valence electrons. The van der Waals surface area contributed by atoms with Crippen LogP contribution in [0.3, 0.4) is 0 Å². The average Bonchev–Trinajstić information content (AvgIpc) is 2.28. The minimum absolute atomic E-state index is 0.308. The summed E-state index contributed by atoms with van der Waals surface area (Å²) < 4.78 is 41.1. The average molecular weight is 277 g/mol. The molecular formula is C9H6F3N3O4. The molecule has 0 fully saturated rings. The summed E-state index contributed by atoms with van der Waals surface area (Å²) in [5, 5.41) is 12.5. The zero-order valence-electron chi connectivity index (χ0n) is 9.05. The number of esters is 1. The highest BCUT2D eigenvalue weighted by Gasteiger charge is 2.46. The predicted octanol–water partition coefficient (Wildman–Crippen LogP) is 2.46. The lowest BCUT2D eigenvalue weighted by atomic mass is 10.3. The molecule has 0 saturated heterocycles. The number of nitrogens with zero attached hydrogens (tertiary/aromatic N) is 2. The fourth-order valence-corrected chi connectivity index (χ4v) is 1.07. The number of nitro benzene ring substituents is 1. The van der Waals surface area contributed by atoms with Gasteiger partial charge in [0.05, 0.1) is 4.92 Å². The van der Waals surface area contributed by atoms with Crippen molar-refractivity contribution in [2.75, 3.05) is 0 Å². The van der Waals surface area contributed by atoms with Gasteiger partial charge in [-0.3, -0.25) is 10.1 Å². The van der Waals surface area contributed by atoms with Crippen molar-refractivity contribution in [1.82, 2.24) is 0 Å². The predicted molar refractivity (Wildman–Crippen MR) is 53.7 cm³/mol. The minimum Gasteiger partial charge on any atom is -0.425 e. The fourth-order valence-electron chi connectivity index (χ4n) is 1.07. The molecule has 19 heavy (non-hydrogen) atoms.